The van der Waals surface area contributed by atoms with E-state index < -0.39 is 11.7 Å². The van der Waals surface area contributed by atoms with Crippen molar-refractivity contribution in [1.82, 2.24) is 0 Å². The van der Waals surface area contributed by atoms with Crippen LogP contribution in [-0.2, 0) is 4.79 Å². The number of phenols is 1. The van der Waals surface area contributed by atoms with Gasteiger partial charge in [-0.3, -0.25) is 4.79 Å². The molecule has 1 amide bonds. The number of hydrogen-bond acceptors (Lipinski definition) is 3. The van der Waals surface area contributed by atoms with Gasteiger partial charge in [0.15, 0.2) is 0 Å². The highest BCUT2D eigenvalue weighted by atomic mass is 19.1. The molecule has 140 valence electrons. The van der Waals surface area contributed by atoms with Gasteiger partial charge in [0.1, 0.15) is 23.2 Å². The van der Waals surface area contributed by atoms with Crippen LogP contribution in [0.4, 0.5) is 10.1 Å². The number of hydrogen-bond donors (Lipinski definition) is 2. The molecule has 0 aliphatic rings. The van der Waals surface area contributed by atoms with Crippen LogP contribution in [0, 0.1) is 17.1 Å². The van der Waals surface area contributed by atoms with Gasteiger partial charge in [0.25, 0.3) is 5.91 Å². The Hall–Kier alpha value is -3.13. The van der Waals surface area contributed by atoms with E-state index in [2.05, 4.69) is 5.32 Å². The average Bonchev–Trinajstić information content (AvgIpc) is 2.62. The van der Waals surface area contributed by atoms with E-state index in [1.54, 1.807) is 12.1 Å². The zero-order valence-corrected chi connectivity index (χ0v) is 15.9. The summed E-state index contributed by atoms with van der Waals surface area (Å²) < 4.78 is 13.0. The summed E-state index contributed by atoms with van der Waals surface area (Å²) in [7, 11) is 0. The van der Waals surface area contributed by atoms with Crippen LogP contribution in [0.15, 0.2) is 42.0 Å². The van der Waals surface area contributed by atoms with Gasteiger partial charge in [-0.1, -0.05) is 27.7 Å². The van der Waals surface area contributed by atoms with Crippen molar-refractivity contribution in [2.75, 3.05) is 5.32 Å². The number of amides is 1. The van der Waals surface area contributed by atoms with Crippen LogP contribution in [0.3, 0.4) is 0 Å². The molecule has 0 heterocycles. The fourth-order valence-electron chi connectivity index (χ4n) is 2.71. The highest BCUT2D eigenvalue weighted by molar-refractivity contribution is 6.09. The Morgan fingerprint density at radius 1 is 1.11 bits per heavy atom. The Balaban J connectivity index is 2.40. The van der Waals surface area contributed by atoms with Gasteiger partial charge in [0.05, 0.1) is 0 Å². The third kappa shape index (κ3) is 4.95. The molecule has 2 rings (SSSR count). The number of benzene rings is 2. The molecule has 2 aromatic rings. The zero-order chi connectivity index (χ0) is 20.1. The topological polar surface area (TPSA) is 73.1 Å². The molecule has 27 heavy (non-hydrogen) atoms. The maximum absolute atomic E-state index is 13.0. The van der Waals surface area contributed by atoms with E-state index in [1.165, 1.54) is 30.3 Å². The Bertz CT molecular complexity index is 878. The lowest BCUT2D eigenvalue weighted by Gasteiger charge is -2.16. The number of carbonyl (C=O) groups is 1. The molecule has 0 fully saturated rings. The number of aromatic hydroxyl groups is 1. The molecule has 0 bridgehead atoms. The van der Waals surface area contributed by atoms with Crippen LogP contribution >= 0.6 is 0 Å². The molecular formula is C22H23FN2O2. The number of carbonyl (C=O) groups excluding carboxylic acids is 1. The van der Waals surface area contributed by atoms with E-state index in [0.717, 1.165) is 11.1 Å². The minimum atomic E-state index is -0.575. The molecule has 0 saturated carbocycles. The summed E-state index contributed by atoms with van der Waals surface area (Å²) in [6.07, 6.45) is 1.50. The number of nitrogens with one attached hydrogen (secondary N) is 1. The molecule has 2 aromatic carbocycles. The van der Waals surface area contributed by atoms with Crippen LogP contribution < -0.4 is 5.32 Å². The van der Waals surface area contributed by atoms with Gasteiger partial charge in [0, 0.05) is 5.69 Å². The van der Waals surface area contributed by atoms with Crippen molar-refractivity contribution in [2.24, 2.45) is 0 Å². The van der Waals surface area contributed by atoms with Crippen molar-refractivity contribution >= 4 is 17.7 Å². The lowest BCUT2D eigenvalue weighted by atomic mass is 9.91. The van der Waals surface area contributed by atoms with Gasteiger partial charge in [-0.2, -0.15) is 5.26 Å². The minimum Gasteiger partial charge on any atom is -0.507 e. The second-order valence-corrected chi connectivity index (χ2v) is 6.99. The van der Waals surface area contributed by atoms with Crippen molar-refractivity contribution in [1.29, 1.82) is 5.26 Å². The predicted molar refractivity (Wildman–Crippen MR) is 105 cm³/mol. The summed E-state index contributed by atoms with van der Waals surface area (Å²) in [5.74, 6) is -0.541. The number of phenolic OH excluding ortho intramolecular Hbond substituents is 1. The summed E-state index contributed by atoms with van der Waals surface area (Å²) in [6.45, 7) is 7.89. The fourth-order valence-corrected chi connectivity index (χ4v) is 2.71. The van der Waals surface area contributed by atoms with Crippen LogP contribution in [0.2, 0.25) is 0 Å². The summed E-state index contributed by atoms with van der Waals surface area (Å²) in [4.78, 5) is 12.4. The molecule has 4 nitrogen and oxygen atoms in total. The molecular weight excluding hydrogens is 343 g/mol. The molecule has 5 heteroatoms. The van der Waals surface area contributed by atoms with Crippen molar-refractivity contribution in [3.63, 3.8) is 0 Å². The van der Waals surface area contributed by atoms with Crippen LogP contribution in [0.25, 0.3) is 6.08 Å². The molecule has 0 unspecified atom stereocenters. The molecule has 0 aliphatic carbocycles. The lowest BCUT2D eigenvalue weighted by molar-refractivity contribution is -0.112. The van der Waals surface area contributed by atoms with Crippen molar-refractivity contribution < 1.29 is 14.3 Å². The Kier molecular flexibility index (Phi) is 6.36. The van der Waals surface area contributed by atoms with E-state index in [-0.39, 0.29) is 23.2 Å². The molecule has 0 aliphatic heterocycles. The Labute approximate surface area is 159 Å². The number of rotatable bonds is 5. The summed E-state index contributed by atoms with van der Waals surface area (Å²) >= 11 is 0. The number of nitriles is 1. The maximum Gasteiger partial charge on any atom is 0.266 e. The zero-order valence-electron chi connectivity index (χ0n) is 15.9. The summed E-state index contributed by atoms with van der Waals surface area (Å²) in [5, 5.41) is 22.5. The second kappa shape index (κ2) is 8.50. The minimum absolute atomic E-state index is 0.0746. The normalized spacial score (nSPS) is 11.6. The first-order valence-electron chi connectivity index (χ1n) is 8.78. The molecule has 0 spiro atoms. The van der Waals surface area contributed by atoms with Gasteiger partial charge in [0.2, 0.25) is 0 Å². The van der Waals surface area contributed by atoms with Crippen LogP contribution in [0.5, 0.6) is 5.75 Å². The highest BCUT2D eigenvalue weighted by Gasteiger charge is 2.16. The third-order valence-electron chi connectivity index (χ3n) is 4.21. The predicted octanol–water partition coefficient (Wildman–Crippen LogP) is 5.32. The molecule has 2 N–H and O–H groups in total. The highest BCUT2D eigenvalue weighted by Crippen LogP contribution is 2.35. The molecule has 0 radical (unpaired) electrons. The largest absolute Gasteiger partial charge is 0.507 e. The third-order valence-corrected chi connectivity index (χ3v) is 4.21. The lowest BCUT2D eigenvalue weighted by Crippen LogP contribution is -2.13. The quantitative estimate of drug-likeness (QED) is 0.555. The number of anilines is 1. The van der Waals surface area contributed by atoms with E-state index in [9.17, 15) is 19.6 Å². The molecule has 0 atom stereocenters. The summed E-state index contributed by atoms with van der Waals surface area (Å²) in [5.41, 5.74) is 2.53. The standard InChI is InChI=1S/C22H23FN2O2/c1-13(2)19-10-15(11-20(14(3)4)21(19)26)9-16(12-24)22(27)25-18-7-5-17(23)6-8-18/h5-11,13-14,26H,1-4H3,(H,25,27)/b16-9+. The number of nitrogens with zero attached hydrogens (tertiary/aromatic N) is 1. The van der Waals surface area contributed by atoms with Gasteiger partial charge < -0.3 is 10.4 Å². The molecule has 0 saturated heterocycles. The van der Waals surface area contributed by atoms with Crippen LogP contribution in [0.1, 0.15) is 56.2 Å². The number of halogens is 1. The SMILES string of the molecule is CC(C)c1cc(/C=C(\C#N)C(=O)Nc2ccc(F)cc2)cc(C(C)C)c1O. The van der Waals surface area contributed by atoms with E-state index >= 15 is 0 Å². The van der Waals surface area contributed by atoms with E-state index in [1.807, 2.05) is 33.8 Å². The average molecular weight is 366 g/mol. The first-order valence-corrected chi connectivity index (χ1v) is 8.78. The van der Waals surface area contributed by atoms with Gasteiger partial charge in [-0.25, -0.2) is 4.39 Å². The Morgan fingerprint density at radius 3 is 2.07 bits per heavy atom. The van der Waals surface area contributed by atoms with Gasteiger partial charge in [-0.15, -0.1) is 0 Å². The smallest absolute Gasteiger partial charge is 0.266 e. The second-order valence-electron chi connectivity index (χ2n) is 6.99. The van der Waals surface area contributed by atoms with Crippen molar-refractivity contribution in [3.8, 4) is 11.8 Å². The monoisotopic (exact) mass is 366 g/mol. The molecule has 0 aromatic heterocycles. The van der Waals surface area contributed by atoms with Crippen molar-refractivity contribution in [2.45, 2.75) is 39.5 Å². The Morgan fingerprint density at radius 2 is 1.63 bits per heavy atom. The fraction of sp³-hybridized carbons (Fsp3) is 0.273. The first-order chi connectivity index (χ1) is 12.7. The first kappa shape index (κ1) is 20.2. The van der Waals surface area contributed by atoms with Gasteiger partial charge in [-0.05, 0) is 71.0 Å². The van der Waals surface area contributed by atoms with Crippen LogP contribution in [-0.4, -0.2) is 11.0 Å². The van der Waals surface area contributed by atoms with E-state index in [0.29, 0.717) is 11.3 Å². The van der Waals surface area contributed by atoms with Crippen molar-refractivity contribution in [3.05, 3.63) is 64.5 Å². The maximum atomic E-state index is 13.0. The van der Waals surface area contributed by atoms with Gasteiger partial charge >= 0.3 is 0 Å². The summed E-state index contributed by atoms with van der Waals surface area (Å²) in [6, 6.07) is 10.8. The van der Waals surface area contributed by atoms with E-state index in [4.69, 9.17) is 0 Å².